The van der Waals surface area contributed by atoms with E-state index in [1.807, 2.05) is 0 Å². The monoisotopic (exact) mass is 296 g/mol. The van der Waals surface area contributed by atoms with Crippen LogP contribution in [0.2, 0.25) is 0 Å². The van der Waals surface area contributed by atoms with E-state index in [0.717, 1.165) is 45.1 Å². The Labute approximate surface area is 127 Å². The molecule has 1 heterocycles. The second-order valence-electron chi connectivity index (χ2n) is 5.86. The fraction of sp³-hybridized carbons (Fsp3) is 0.812. The summed E-state index contributed by atoms with van der Waals surface area (Å²) in [6, 6.07) is 0. The Morgan fingerprint density at radius 2 is 1.95 bits per heavy atom. The standard InChI is InChI=1S/C16H28N2O3/c1-3-4-7-10-17-14(19)9-6-5-8-11-18-15(20)12-13(2)16(18)21/h13H,3-12H2,1-2H3,(H,17,19). The second-order valence-corrected chi connectivity index (χ2v) is 5.86. The minimum Gasteiger partial charge on any atom is -0.356 e. The Morgan fingerprint density at radius 3 is 2.57 bits per heavy atom. The molecule has 1 atom stereocenters. The van der Waals surface area contributed by atoms with Crippen LogP contribution >= 0.6 is 0 Å². The lowest BCUT2D eigenvalue weighted by molar-refractivity contribution is -0.139. The van der Waals surface area contributed by atoms with Crippen LogP contribution in [0.15, 0.2) is 0 Å². The first-order valence-electron chi connectivity index (χ1n) is 8.17. The van der Waals surface area contributed by atoms with Gasteiger partial charge in [0.05, 0.1) is 0 Å². The molecule has 1 aliphatic rings. The third-order valence-corrected chi connectivity index (χ3v) is 3.86. The van der Waals surface area contributed by atoms with Gasteiger partial charge in [0.1, 0.15) is 0 Å². The summed E-state index contributed by atoms with van der Waals surface area (Å²) in [7, 11) is 0. The largest absolute Gasteiger partial charge is 0.356 e. The number of likely N-dealkylation sites (tertiary alicyclic amines) is 1. The van der Waals surface area contributed by atoms with Crippen LogP contribution in [-0.4, -0.2) is 35.7 Å². The van der Waals surface area contributed by atoms with Crippen LogP contribution in [-0.2, 0) is 14.4 Å². The normalized spacial score (nSPS) is 18.4. The van der Waals surface area contributed by atoms with Crippen molar-refractivity contribution in [3.8, 4) is 0 Å². The molecule has 120 valence electrons. The summed E-state index contributed by atoms with van der Waals surface area (Å²) in [4.78, 5) is 36.2. The molecule has 1 aliphatic heterocycles. The maximum absolute atomic E-state index is 11.7. The molecule has 1 fully saturated rings. The molecule has 0 radical (unpaired) electrons. The maximum atomic E-state index is 11.7. The van der Waals surface area contributed by atoms with Crippen molar-refractivity contribution < 1.29 is 14.4 Å². The summed E-state index contributed by atoms with van der Waals surface area (Å²) in [6.45, 7) is 5.20. The molecule has 1 saturated heterocycles. The molecule has 5 heteroatoms. The zero-order chi connectivity index (χ0) is 15.7. The van der Waals surface area contributed by atoms with E-state index in [4.69, 9.17) is 0 Å². The molecule has 1 unspecified atom stereocenters. The highest BCUT2D eigenvalue weighted by molar-refractivity contribution is 6.03. The molecular formula is C16H28N2O3. The number of unbranched alkanes of at least 4 members (excludes halogenated alkanes) is 4. The molecule has 0 aliphatic carbocycles. The van der Waals surface area contributed by atoms with Crippen molar-refractivity contribution in [2.45, 2.75) is 65.2 Å². The summed E-state index contributed by atoms with van der Waals surface area (Å²) in [5.41, 5.74) is 0. The quantitative estimate of drug-likeness (QED) is 0.496. The topological polar surface area (TPSA) is 66.5 Å². The Balaban J connectivity index is 2.03. The summed E-state index contributed by atoms with van der Waals surface area (Å²) < 4.78 is 0. The van der Waals surface area contributed by atoms with Gasteiger partial charge < -0.3 is 5.32 Å². The van der Waals surface area contributed by atoms with Crippen LogP contribution < -0.4 is 5.32 Å². The van der Waals surface area contributed by atoms with Gasteiger partial charge in [0.2, 0.25) is 17.7 Å². The summed E-state index contributed by atoms with van der Waals surface area (Å²) in [5.74, 6) is -0.158. The van der Waals surface area contributed by atoms with E-state index in [-0.39, 0.29) is 23.6 Å². The van der Waals surface area contributed by atoms with E-state index in [0.29, 0.717) is 19.4 Å². The predicted octanol–water partition coefficient (Wildman–Crippen LogP) is 2.25. The lowest BCUT2D eigenvalue weighted by Crippen LogP contribution is -2.31. The van der Waals surface area contributed by atoms with Gasteiger partial charge in [0.25, 0.3) is 0 Å². The maximum Gasteiger partial charge on any atom is 0.232 e. The molecule has 1 rings (SSSR count). The van der Waals surface area contributed by atoms with Gasteiger partial charge in [-0.2, -0.15) is 0 Å². The highest BCUT2D eigenvalue weighted by Gasteiger charge is 2.34. The second kappa shape index (κ2) is 9.53. The molecule has 5 nitrogen and oxygen atoms in total. The van der Waals surface area contributed by atoms with Crippen molar-refractivity contribution in [1.82, 2.24) is 10.2 Å². The SMILES string of the molecule is CCCCCNC(=O)CCCCCN1C(=O)CC(C)C1=O. The van der Waals surface area contributed by atoms with Gasteiger partial charge in [-0.1, -0.05) is 33.1 Å². The Kier molecular flexibility index (Phi) is 8.01. The zero-order valence-electron chi connectivity index (χ0n) is 13.3. The summed E-state index contributed by atoms with van der Waals surface area (Å²) >= 11 is 0. The van der Waals surface area contributed by atoms with Crippen LogP contribution in [0.3, 0.4) is 0 Å². The molecule has 1 N–H and O–H groups in total. The van der Waals surface area contributed by atoms with Gasteiger partial charge in [-0.3, -0.25) is 19.3 Å². The Morgan fingerprint density at radius 1 is 1.19 bits per heavy atom. The molecule has 0 aromatic rings. The highest BCUT2D eigenvalue weighted by Crippen LogP contribution is 2.19. The number of nitrogens with zero attached hydrogens (tertiary/aromatic N) is 1. The number of rotatable bonds is 10. The minimum absolute atomic E-state index is 0.0475. The van der Waals surface area contributed by atoms with Crippen molar-refractivity contribution in [3.63, 3.8) is 0 Å². The van der Waals surface area contributed by atoms with Crippen LogP contribution in [0, 0.1) is 5.92 Å². The van der Waals surface area contributed by atoms with Gasteiger partial charge in [0, 0.05) is 31.8 Å². The average molecular weight is 296 g/mol. The first-order chi connectivity index (χ1) is 10.1. The van der Waals surface area contributed by atoms with Gasteiger partial charge in [0.15, 0.2) is 0 Å². The fourth-order valence-corrected chi connectivity index (χ4v) is 2.51. The van der Waals surface area contributed by atoms with Crippen molar-refractivity contribution in [2.24, 2.45) is 5.92 Å². The molecule has 0 bridgehead atoms. The molecule has 3 amide bonds. The first kappa shape index (κ1) is 17.7. The van der Waals surface area contributed by atoms with Gasteiger partial charge in [-0.05, 0) is 19.3 Å². The Bertz CT molecular complexity index is 369. The van der Waals surface area contributed by atoms with E-state index < -0.39 is 0 Å². The molecule has 21 heavy (non-hydrogen) atoms. The van der Waals surface area contributed by atoms with Gasteiger partial charge in [-0.25, -0.2) is 0 Å². The number of imide groups is 1. The van der Waals surface area contributed by atoms with Crippen molar-refractivity contribution >= 4 is 17.7 Å². The Hall–Kier alpha value is -1.39. The van der Waals surface area contributed by atoms with E-state index in [1.165, 1.54) is 4.90 Å². The number of hydrogen-bond donors (Lipinski definition) is 1. The number of hydrogen-bond acceptors (Lipinski definition) is 3. The van der Waals surface area contributed by atoms with E-state index in [9.17, 15) is 14.4 Å². The number of amides is 3. The highest BCUT2D eigenvalue weighted by atomic mass is 16.2. The predicted molar refractivity (Wildman–Crippen MR) is 81.5 cm³/mol. The third kappa shape index (κ3) is 6.27. The van der Waals surface area contributed by atoms with Crippen LogP contribution in [0.1, 0.15) is 65.2 Å². The smallest absolute Gasteiger partial charge is 0.232 e. The van der Waals surface area contributed by atoms with Crippen molar-refractivity contribution in [3.05, 3.63) is 0 Å². The molecular weight excluding hydrogens is 268 g/mol. The lowest BCUT2D eigenvalue weighted by atomic mass is 10.1. The van der Waals surface area contributed by atoms with E-state index in [2.05, 4.69) is 12.2 Å². The zero-order valence-corrected chi connectivity index (χ0v) is 13.3. The summed E-state index contributed by atoms with van der Waals surface area (Å²) in [5, 5.41) is 2.91. The minimum atomic E-state index is -0.161. The molecule has 0 spiro atoms. The summed E-state index contributed by atoms with van der Waals surface area (Å²) in [6.07, 6.45) is 6.69. The molecule has 0 aromatic heterocycles. The third-order valence-electron chi connectivity index (χ3n) is 3.86. The van der Waals surface area contributed by atoms with Gasteiger partial charge >= 0.3 is 0 Å². The first-order valence-corrected chi connectivity index (χ1v) is 8.17. The van der Waals surface area contributed by atoms with Crippen LogP contribution in [0.25, 0.3) is 0 Å². The van der Waals surface area contributed by atoms with Crippen molar-refractivity contribution in [2.75, 3.05) is 13.1 Å². The van der Waals surface area contributed by atoms with Gasteiger partial charge in [-0.15, -0.1) is 0 Å². The lowest BCUT2D eigenvalue weighted by Gasteiger charge is -2.13. The molecule has 0 saturated carbocycles. The van der Waals surface area contributed by atoms with E-state index in [1.54, 1.807) is 6.92 Å². The average Bonchev–Trinajstić information content (AvgIpc) is 2.69. The van der Waals surface area contributed by atoms with Crippen LogP contribution in [0.5, 0.6) is 0 Å². The number of carbonyl (C=O) groups is 3. The fourth-order valence-electron chi connectivity index (χ4n) is 2.51. The van der Waals surface area contributed by atoms with Crippen LogP contribution in [0.4, 0.5) is 0 Å². The number of nitrogens with one attached hydrogen (secondary N) is 1. The van der Waals surface area contributed by atoms with E-state index >= 15 is 0 Å². The molecule has 0 aromatic carbocycles. The van der Waals surface area contributed by atoms with Crippen molar-refractivity contribution in [1.29, 1.82) is 0 Å². The number of carbonyl (C=O) groups excluding carboxylic acids is 3.